The SMILES string of the molecule is O=C(NCCNC1CC1)C1CCc2ccccc2C1. The van der Waals surface area contributed by atoms with E-state index in [2.05, 4.69) is 34.9 Å². The summed E-state index contributed by atoms with van der Waals surface area (Å²) in [5.74, 6) is 0.392. The summed E-state index contributed by atoms with van der Waals surface area (Å²) in [7, 11) is 0. The summed E-state index contributed by atoms with van der Waals surface area (Å²) in [6.45, 7) is 1.66. The average molecular weight is 258 g/mol. The van der Waals surface area contributed by atoms with Gasteiger partial charge in [-0.3, -0.25) is 4.79 Å². The molecule has 0 aliphatic heterocycles. The molecular weight excluding hydrogens is 236 g/mol. The topological polar surface area (TPSA) is 41.1 Å². The van der Waals surface area contributed by atoms with Crippen LogP contribution in [0.1, 0.15) is 30.4 Å². The molecule has 2 aliphatic rings. The Hall–Kier alpha value is -1.35. The summed E-state index contributed by atoms with van der Waals surface area (Å²) in [6.07, 6.45) is 5.52. The molecule has 0 spiro atoms. The van der Waals surface area contributed by atoms with Gasteiger partial charge in [0.15, 0.2) is 0 Å². The van der Waals surface area contributed by atoms with Crippen molar-refractivity contribution >= 4 is 5.91 Å². The zero-order chi connectivity index (χ0) is 13.1. The lowest BCUT2D eigenvalue weighted by molar-refractivity contribution is -0.125. The van der Waals surface area contributed by atoms with E-state index < -0.39 is 0 Å². The highest BCUT2D eigenvalue weighted by atomic mass is 16.1. The zero-order valence-electron chi connectivity index (χ0n) is 11.3. The largest absolute Gasteiger partial charge is 0.355 e. The molecule has 1 fully saturated rings. The average Bonchev–Trinajstić information content (AvgIpc) is 3.27. The second-order valence-corrected chi connectivity index (χ2v) is 5.73. The molecule has 19 heavy (non-hydrogen) atoms. The Labute approximate surface area is 114 Å². The number of amides is 1. The molecule has 0 radical (unpaired) electrons. The van der Waals surface area contributed by atoms with Gasteiger partial charge in [-0.2, -0.15) is 0 Å². The first-order valence-electron chi connectivity index (χ1n) is 7.41. The first kappa shape index (κ1) is 12.7. The Kier molecular flexibility index (Phi) is 3.83. The molecular formula is C16H22N2O. The third-order valence-corrected chi connectivity index (χ3v) is 4.15. The van der Waals surface area contributed by atoms with Crippen molar-refractivity contribution in [2.75, 3.05) is 13.1 Å². The van der Waals surface area contributed by atoms with Gasteiger partial charge in [-0.05, 0) is 43.2 Å². The van der Waals surface area contributed by atoms with Gasteiger partial charge >= 0.3 is 0 Å². The number of carbonyl (C=O) groups is 1. The van der Waals surface area contributed by atoms with Gasteiger partial charge in [0.1, 0.15) is 0 Å². The lowest BCUT2D eigenvalue weighted by Crippen LogP contribution is -2.38. The molecule has 0 saturated heterocycles. The van der Waals surface area contributed by atoms with Gasteiger partial charge in [-0.1, -0.05) is 24.3 Å². The maximum atomic E-state index is 12.1. The summed E-state index contributed by atoms with van der Waals surface area (Å²) in [6, 6.07) is 9.21. The van der Waals surface area contributed by atoms with Crippen LogP contribution in [0.15, 0.2) is 24.3 Å². The van der Waals surface area contributed by atoms with E-state index in [1.807, 2.05) is 0 Å². The molecule has 1 atom stereocenters. The van der Waals surface area contributed by atoms with E-state index >= 15 is 0 Å². The van der Waals surface area contributed by atoms with Crippen LogP contribution in [0.2, 0.25) is 0 Å². The fourth-order valence-corrected chi connectivity index (χ4v) is 2.82. The third kappa shape index (κ3) is 3.35. The van der Waals surface area contributed by atoms with Gasteiger partial charge < -0.3 is 10.6 Å². The number of hydrogen-bond donors (Lipinski definition) is 2. The van der Waals surface area contributed by atoms with E-state index in [0.717, 1.165) is 38.4 Å². The van der Waals surface area contributed by atoms with Gasteiger partial charge in [0, 0.05) is 25.0 Å². The van der Waals surface area contributed by atoms with Gasteiger partial charge in [0.25, 0.3) is 0 Å². The number of benzene rings is 1. The minimum absolute atomic E-state index is 0.163. The van der Waals surface area contributed by atoms with E-state index in [-0.39, 0.29) is 11.8 Å². The van der Waals surface area contributed by atoms with E-state index in [4.69, 9.17) is 0 Å². The molecule has 1 amide bonds. The molecule has 1 unspecified atom stereocenters. The molecule has 0 heterocycles. The van der Waals surface area contributed by atoms with Crippen LogP contribution < -0.4 is 10.6 Å². The highest BCUT2D eigenvalue weighted by Crippen LogP contribution is 2.25. The van der Waals surface area contributed by atoms with E-state index in [1.54, 1.807) is 0 Å². The van der Waals surface area contributed by atoms with Crippen LogP contribution in [-0.2, 0) is 17.6 Å². The Morgan fingerprint density at radius 3 is 2.68 bits per heavy atom. The van der Waals surface area contributed by atoms with Crippen LogP contribution in [0.3, 0.4) is 0 Å². The fraction of sp³-hybridized carbons (Fsp3) is 0.562. The Morgan fingerprint density at radius 2 is 1.89 bits per heavy atom. The number of nitrogens with one attached hydrogen (secondary N) is 2. The number of fused-ring (bicyclic) bond motifs is 1. The standard InChI is InChI=1S/C16H22N2O/c19-16(18-10-9-17-15-7-8-15)14-6-5-12-3-1-2-4-13(12)11-14/h1-4,14-15,17H,5-11H2,(H,18,19). The third-order valence-electron chi connectivity index (χ3n) is 4.15. The fourth-order valence-electron chi connectivity index (χ4n) is 2.82. The molecule has 1 saturated carbocycles. The van der Waals surface area contributed by atoms with Gasteiger partial charge in [0.2, 0.25) is 5.91 Å². The van der Waals surface area contributed by atoms with Crippen molar-refractivity contribution in [2.24, 2.45) is 5.92 Å². The van der Waals surface area contributed by atoms with Crippen molar-refractivity contribution < 1.29 is 4.79 Å². The number of hydrogen-bond acceptors (Lipinski definition) is 2. The van der Waals surface area contributed by atoms with Crippen LogP contribution in [0.4, 0.5) is 0 Å². The first-order chi connectivity index (χ1) is 9.33. The minimum atomic E-state index is 0.163. The lowest BCUT2D eigenvalue weighted by Gasteiger charge is -2.23. The number of rotatable bonds is 5. The van der Waals surface area contributed by atoms with Crippen molar-refractivity contribution in [3.8, 4) is 0 Å². The monoisotopic (exact) mass is 258 g/mol. The van der Waals surface area contributed by atoms with Crippen molar-refractivity contribution in [1.29, 1.82) is 0 Å². The second-order valence-electron chi connectivity index (χ2n) is 5.73. The molecule has 102 valence electrons. The van der Waals surface area contributed by atoms with Crippen LogP contribution in [-0.4, -0.2) is 25.0 Å². The minimum Gasteiger partial charge on any atom is -0.355 e. The highest BCUT2D eigenvalue weighted by molar-refractivity contribution is 5.79. The van der Waals surface area contributed by atoms with Gasteiger partial charge in [0.05, 0.1) is 0 Å². The van der Waals surface area contributed by atoms with Crippen molar-refractivity contribution in [3.05, 3.63) is 35.4 Å². The molecule has 1 aromatic rings. The van der Waals surface area contributed by atoms with Crippen molar-refractivity contribution in [2.45, 2.75) is 38.1 Å². The maximum absolute atomic E-state index is 12.1. The predicted molar refractivity (Wildman–Crippen MR) is 76.0 cm³/mol. The first-order valence-corrected chi connectivity index (χ1v) is 7.41. The van der Waals surface area contributed by atoms with Gasteiger partial charge in [-0.15, -0.1) is 0 Å². The second kappa shape index (κ2) is 5.74. The van der Waals surface area contributed by atoms with Crippen LogP contribution in [0.5, 0.6) is 0 Å². The summed E-state index contributed by atoms with van der Waals surface area (Å²) >= 11 is 0. The molecule has 2 aliphatic carbocycles. The summed E-state index contributed by atoms with van der Waals surface area (Å²) in [4.78, 5) is 12.1. The molecule has 1 aromatic carbocycles. The molecule has 3 nitrogen and oxygen atoms in total. The lowest BCUT2D eigenvalue weighted by atomic mass is 9.83. The molecule has 2 N–H and O–H groups in total. The summed E-state index contributed by atoms with van der Waals surface area (Å²) < 4.78 is 0. The predicted octanol–water partition coefficient (Wildman–Crippen LogP) is 1.66. The van der Waals surface area contributed by atoms with Gasteiger partial charge in [-0.25, -0.2) is 0 Å². The van der Waals surface area contributed by atoms with E-state index in [1.165, 1.54) is 24.0 Å². The summed E-state index contributed by atoms with van der Waals surface area (Å²) in [5.41, 5.74) is 2.77. The molecule has 3 rings (SSSR count). The Bertz CT molecular complexity index is 454. The molecule has 0 bridgehead atoms. The quantitative estimate of drug-likeness (QED) is 0.789. The van der Waals surface area contributed by atoms with Crippen LogP contribution in [0, 0.1) is 5.92 Å². The normalized spacial score (nSPS) is 21.8. The molecule has 3 heteroatoms. The van der Waals surface area contributed by atoms with Crippen molar-refractivity contribution in [1.82, 2.24) is 10.6 Å². The number of carbonyl (C=O) groups excluding carboxylic acids is 1. The van der Waals surface area contributed by atoms with Crippen LogP contribution in [0.25, 0.3) is 0 Å². The zero-order valence-corrected chi connectivity index (χ0v) is 11.3. The van der Waals surface area contributed by atoms with Crippen molar-refractivity contribution in [3.63, 3.8) is 0 Å². The van der Waals surface area contributed by atoms with E-state index in [9.17, 15) is 4.79 Å². The molecule has 0 aromatic heterocycles. The van der Waals surface area contributed by atoms with E-state index in [0.29, 0.717) is 0 Å². The highest BCUT2D eigenvalue weighted by Gasteiger charge is 2.24. The number of aryl methyl sites for hydroxylation is 1. The summed E-state index contributed by atoms with van der Waals surface area (Å²) in [5, 5.41) is 6.48. The smallest absolute Gasteiger partial charge is 0.223 e. The maximum Gasteiger partial charge on any atom is 0.223 e. The van der Waals surface area contributed by atoms with Crippen LogP contribution >= 0.6 is 0 Å². The Morgan fingerprint density at radius 1 is 1.11 bits per heavy atom. The Balaban J connectivity index is 1.45.